The molecule has 0 unspecified atom stereocenters. The number of hydrogen-bond acceptors (Lipinski definition) is 4. The zero-order valence-corrected chi connectivity index (χ0v) is 20.9. The minimum Gasteiger partial charge on any atom is -0.352 e. The maximum absolute atomic E-state index is 14.3. The first-order valence-corrected chi connectivity index (χ1v) is 11.9. The van der Waals surface area contributed by atoms with E-state index in [0.29, 0.717) is 26.8 Å². The zero-order valence-electron chi connectivity index (χ0n) is 19.4. The Kier molecular flexibility index (Phi) is 6.17. The molecule has 0 bridgehead atoms. The van der Waals surface area contributed by atoms with E-state index >= 15 is 0 Å². The van der Waals surface area contributed by atoms with Crippen LogP contribution in [0.5, 0.6) is 0 Å². The fourth-order valence-electron chi connectivity index (χ4n) is 3.95. The van der Waals surface area contributed by atoms with Gasteiger partial charge in [-0.25, -0.2) is 9.37 Å². The first-order chi connectivity index (χ1) is 16.8. The second-order valence-corrected chi connectivity index (χ2v) is 9.39. The van der Waals surface area contributed by atoms with E-state index in [-0.39, 0.29) is 11.9 Å². The monoisotopic (exact) mass is 505 g/mol. The average Bonchev–Trinajstić information content (AvgIpc) is 2.81. The molecule has 1 N–H and O–H groups in total. The Labute approximate surface area is 212 Å². The molecule has 0 spiro atoms. The van der Waals surface area contributed by atoms with Gasteiger partial charge in [-0.05, 0) is 75.4 Å². The molecular weight excluding hydrogens is 484 g/mol. The van der Waals surface area contributed by atoms with Gasteiger partial charge in [-0.1, -0.05) is 23.2 Å². The van der Waals surface area contributed by atoms with Crippen LogP contribution in [0.3, 0.4) is 0 Å². The number of aryl methyl sites for hydroxylation is 1. The smallest absolute Gasteiger partial charge is 0.125 e. The van der Waals surface area contributed by atoms with Crippen LogP contribution < -0.4 is 10.7 Å². The molecule has 2 heterocycles. The van der Waals surface area contributed by atoms with Gasteiger partial charge in [-0.15, -0.1) is 0 Å². The van der Waals surface area contributed by atoms with Crippen molar-refractivity contribution in [2.45, 2.75) is 26.8 Å². The number of fused-ring (bicyclic) bond motifs is 2. The molecule has 0 fully saturated rings. The molecule has 0 saturated carbocycles. The Morgan fingerprint density at radius 3 is 2.51 bits per heavy atom. The third-order valence-corrected chi connectivity index (χ3v) is 6.24. The fourth-order valence-corrected chi connectivity index (χ4v) is 4.24. The highest BCUT2D eigenvalue weighted by Gasteiger charge is 2.18. The lowest BCUT2D eigenvalue weighted by Crippen LogP contribution is -2.16. The highest BCUT2D eigenvalue weighted by atomic mass is 35.5. The summed E-state index contributed by atoms with van der Waals surface area (Å²) in [5, 5.41) is 5.02. The van der Waals surface area contributed by atoms with Crippen molar-refractivity contribution in [1.29, 1.82) is 0 Å². The normalized spacial score (nSPS) is 12.1. The van der Waals surface area contributed by atoms with E-state index in [1.165, 1.54) is 12.1 Å². The van der Waals surface area contributed by atoms with E-state index in [1.54, 1.807) is 24.4 Å². The number of nitrogens with zero attached hydrogens (tertiary/aromatic N) is 4. The van der Waals surface area contributed by atoms with Crippen molar-refractivity contribution in [3.8, 4) is 17.1 Å². The lowest BCUT2D eigenvalue weighted by Gasteiger charge is -2.21. The maximum Gasteiger partial charge on any atom is 0.125 e. The molecule has 0 amide bonds. The summed E-state index contributed by atoms with van der Waals surface area (Å²) in [4.78, 5) is 14.1. The summed E-state index contributed by atoms with van der Waals surface area (Å²) in [7, 11) is 0. The number of nitrogens with one attached hydrogen (secondary N) is 1. The Bertz CT molecular complexity index is 1590. The molecule has 1 aliphatic heterocycles. The van der Waals surface area contributed by atoms with Crippen LogP contribution in [0.4, 0.5) is 15.8 Å². The van der Waals surface area contributed by atoms with Crippen molar-refractivity contribution >= 4 is 45.6 Å². The van der Waals surface area contributed by atoms with E-state index < -0.39 is 0 Å². The molecule has 176 valence electrons. The molecule has 5 rings (SSSR count). The van der Waals surface area contributed by atoms with E-state index in [0.717, 1.165) is 33.8 Å². The molecule has 0 saturated heterocycles. The van der Waals surface area contributed by atoms with Crippen molar-refractivity contribution in [2.24, 2.45) is 4.99 Å². The Balaban J connectivity index is 1.83. The van der Waals surface area contributed by atoms with Crippen LogP contribution in [0, 0.1) is 12.7 Å². The lowest BCUT2D eigenvalue weighted by molar-refractivity contribution is 0.629. The molecular formula is C27H22Cl2FN5. The highest BCUT2D eigenvalue weighted by molar-refractivity contribution is 6.42. The molecule has 0 atom stereocenters. The van der Waals surface area contributed by atoms with Gasteiger partial charge in [-0.2, -0.15) is 0 Å². The van der Waals surface area contributed by atoms with Gasteiger partial charge in [0.15, 0.2) is 0 Å². The first-order valence-electron chi connectivity index (χ1n) is 11.1. The number of halogens is 3. The summed E-state index contributed by atoms with van der Waals surface area (Å²) in [6.07, 6.45) is 1.78. The predicted octanol–water partition coefficient (Wildman–Crippen LogP) is 7.33. The summed E-state index contributed by atoms with van der Waals surface area (Å²) in [6.45, 7) is 5.98. The topological polar surface area (TPSA) is 55.1 Å². The van der Waals surface area contributed by atoms with E-state index in [9.17, 15) is 4.39 Å². The van der Waals surface area contributed by atoms with Gasteiger partial charge < -0.3 is 9.88 Å². The third-order valence-electron chi connectivity index (χ3n) is 5.50. The van der Waals surface area contributed by atoms with E-state index in [1.807, 2.05) is 55.7 Å². The minimum atomic E-state index is -0.357. The molecule has 3 aromatic rings. The molecule has 35 heavy (non-hydrogen) atoms. The van der Waals surface area contributed by atoms with Gasteiger partial charge in [0.05, 0.1) is 55.4 Å². The first kappa shape index (κ1) is 23.3. The van der Waals surface area contributed by atoms with Crippen LogP contribution in [-0.2, 0) is 0 Å². The van der Waals surface area contributed by atoms with E-state index in [2.05, 4.69) is 10.3 Å². The van der Waals surface area contributed by atoms with Crippen LogP contribution in [-0.4, -0.2) is 20.6 Å². The number of pyridine rings is 1. The van der Waals surface area contributed by atoms with Crippen molar-refractivity contribution in [2.75, 3.05) is 5.32 Å². The van der Waals surface area contributed by atoms with Crippen molar-refractivity contribution < 1.29 is 4.39 Å². The van der Waals surface area contributed by atoms with Crippen LogP contribution in [0.25, 0.3) is 28.1 Å². The number of benzene rings is 3. The SMILES string of the molecule is Cc1ccc(Nc2cc3nc4ccc(F)cc4n(-c4ccc(Cl)c(Cl)c4)c-3c/c2=N\C(C)C)cn1. The van der Waals surface area contributed by atoms with Crippen LogP contribution in [0.1, 0.15) is 19.5 Å². The molecule has 2 aromatic carbocycles. The quantitative estimate of drug-likeness (QED) is 0.260. The number of anilines is 2. The number of rotatable bonds is 4. The number of hydrogen-bond donors (Lipinski definition) is 1. The van der Waals surface area contributed by atoms with Crippen molar-refractivity contribution in [3.05, 3.63) is 93.8 Å². The average molecular weight is 506 g/mol. The standard InChI is InChI=1S/C27H22Cl2FN5/c1-15(2)32-24-13-27-25(12-23(24)33-18-6-4-16(3)31-14-18)34-22-9-5-17(30)10-26(22)35(27)19-7-8-20(28)21(29)11-19/h4-15,33H,1-3H3/b32-24+. The maximum atomic E-state index is 14.3. The molecule has 2 aliphatic rings. The molecule has 8 heteroatoms. The number of aromatic nitrogens is 3. The Hall–Kier alpha value is -3.48. The fraction of sp³-hybridized carbons (Fsp3) is 0.148. The largest absolute Gasteiger partial charge is 0.352 e. The van der Waals surface area contributed by atoms with Crippen molar-refractivity contribution in [3.63, 3.8) is 0 Å². The van der Waals surface area contributed by atoms with Gasteiger partial charge in [0, 0.05) is 23.5 Å². The molecule has 5 nitrogen and oxygen atoms in total. The van der Waals surface area contributed by atoms with Gasteiger partial charge in [0.1, 0.15) is 5.82 Å². The summed E-state index contributed by atoms with van der Waals surface area (Å²) < 4.78 is 16.3. The van der Waals surface area contributed by atoms with E-state index in [4.69, 9.17) is 33.2 Å². The predicted molar refractivity (Wildman–Crippen MR) is 141 cm³/mol. The summed E-state index contributed by atoms with van der Waals surface area (Å²) in [5.74, 6) is -0.357. The van der Waals surface area contributed by atoms with Gasteiger partial charge >= 0.3 is 0 Å². The minimum absolute atomic E-state index is 0.0495. The lowest BCUT2D eigenvalue weighted by atomic mass is 10.1. The summed E-state index contributed by atoms with van der Waals surface area (Å²) in [5.41, 5.74) is 6.03. The molecule has 1 aromatic heterocycles. The Morgan fingerprint density at radius 1 is 0.971 bits per heavy atom. The van der Waals surface area contributed by atoms with Crippen LogP contribution in [0.2, 0.25) is 10.0 Å². The second kappa shape index (κ2) is 9.29. The second-order valence-electron chi connectivity index (χ2n) is 8.57. The zero-order chi connectivity index (χ0) is 24.7. The van der Waals surface area contributed by atoms with Gasteiger partial charge in [0.2, 0.25) is 0 Å². The molecule has 1 aliphatic carbocycles. The molecule has 0 radical (unpaired) electrons. The van der Waals surface area contributed by atoms with Crippen LogP contribution in [0.15, 0.2) is 71.9 Å². The van der Waals surface area contributed by atoms with Gasteiger partial charge in [0.25, 0.3) is 0 Å². The third kappa shape index (κ3) is 4.72. The Morgan fingerprint density at radius 2 is 1.80 bits per heavy atom. The summed E-state index contributed by atoms with van der Waals surface area (Å²) in [6, 6.07) is 17.7. The van der Waals surface area contributed by atoms with Gasteiger partial charge in [-0.3, -0.25) is 9.98 Å². The summed E-state index contributed by atoms with van der Waals surface area (Å²) >= 11 is 12.5. The van der Waals surface area contributed by atoms with Crippen LogP contribution >= 0.6 is 23.2 Å². The highest BCUT2D eigenvalue weighted by Crippen LogP contribution is 2.33. The van der Waals surface area contributed by atoms with Crippen molar-refractivity contribution in [1.82, 2.24) is 14.5 Å².